The van der Waals surface area contributed by atoms with Crippen molar-refractivity contribution in [3.8, 4) is 0 Å². The third kappa shape index (κ3) is 8.19. The summed E-state index contributed by atoms with van der Waals surface area (Å²) in [7, 11) is 3.31. The van der Waals surface area contributed by atoms with E-state index in [1.165, 1.54) is 0 Å². The molecule has 0 aliphatic carbocycles. The summed E-state index contributed by atoms with van der Waals surface area (Å²) in [5, 5.41) is 11.8. The van der Waals surface area contributed by atoms with E-state index in [0.29, 0.717) is 31.0 Å². The molecule has 0 aliphatic rings. The summed E-state index contributed by atoms with van der Waals surface area (Å²) in [5.74, 6) is 0.579. The van der Waals surface area contributed by atoms with Gasteiger partial charge in [-0.25, -0.2) is 0 Å². The first-order chi connectivity index (χ1) is 12.0. The summed E-state index contributed by atoms with van der Waals surface area (Å²) >= 11 is 0. The molecule has 0 spiro atoms. The van der Waals surface area contributed by atoms with Crippen LogP contribution in [0.1, 0.15) is 36.2 Å². The van der Waals surface area contributed by atoms with Crippen molar-refractivity contribution in [3.63, 3.8) is 0 Å². The highest BCUT2D eigenvalue weighted by Gasteiger charge is 2.05. The lowest BCUT2D eigenvalue weighted by Gasteiger charge is -2.13. The first-order valence-electron chi connectivity index (χ1n) is 8.51. The molecule has 0 heterocycles. The molecule has 0 saturated heterocycles. The molecule has 0 unspecified atom stereocenters. The Morgan fingerprint density at radius 1 is 1.16 bits per heavy atom. The van der Waals surface area contributed by atoms with Crippen LogP contribution in [0.3, 0.4) is 0 Å². The Labute approximate surface area is 149 Å². The standard InChI is InChI=1S/C18H29N5O2/c1-13(2)23-16(24)9-11-22-18(20-4)21-10-8-14-6-5-7-15(12-14)17(25)19-3/h5-7,12-13H,8-11H2,1-4H3,(H,19,25)(H,23,24)(H2,20,21,22). The maximum atomic E-state index is 11.6. The molecule has 0 fully saturated rings. The Balaban J connectivity index is 2.36. The number of nitrogens with one attached hydrogen (secondary N) is 4. The lowest BCUT2D eigenvalue weighted by molar-refractivity contribution is -0.121. The van der Waals surface area contributed by atoms with Gasteiger partial charge in [0.15, 0.2) is 5.96 Å². The van der Waals surface area contributed by atoms with E-state index < -0.39 is 0 Å². The molecule has 4 N–H and O–H groups in total. The highest BCUT2D eigenvalue weighted by molar-refractivity contribution is 5.94. The maximum Gasteiger partial charge on any atom is 0.251 e. The van der Waals surface area contributed by atoms with Crippen LogP contribution in [0.15, 0.2) is 29.3 Å². The minimum atomic E-state index is -0.0908. The predicted molar refractivity (Wildman–Crippen MR) is 101 cm³/mol. The van der Waals surface area contributed by atoms with Crippen molar-refractivity contribution >= 4 is 17.8 Å². The summed E-state index contributed by atoms with van der Waals surface area (Å²) in [6.07, 6.45) is 1.16. The van der Waals surface area contributed by atoms with Crippen LogP contribution in [0.25, 0.3) is 0 Å². The van der Waals surface area contributed by atoms with E-state index in [9.17, 15) is 9.59 Å². The molecule has 1 aromatic rings. The quantitative estimate of drug-likeness (QED) is 0.411. The number of hydrogen-bond donors (Lipinski definition) is 4. The van der Waals surface area contributed by atoms with E-state index in [4.69, 9.17) is 0 Å². The van der Waals surface area contributed by atoms with Gasteiger partial charge in [-0.05, 0) is 38.0 Å². The smallest absolute Gasteiger partial charge is 0.251 e. The van der Waals surface area contributed by atoms with Gasteiger partial charge in [0, 0.05) is 45.2 Å². The van der Waals surface area contributed by atoms with Gasteiger partial charge in [-0.15, -0.1) is 0 Å². The number of rotatable bonds is 8. The first kappa shape index (κ1) is 20.5. The van der Waals surface area contributed by atoms with Crippen LogP contribution in [0.2, 0.25) is 0 Å². The number of aliphatic imine (C=N–C) groups is 1. The molecule has 1 rings (SSSR count). The third-order valence-corrected chi connectivity index (χ3v) is 3.44. The number of amides is 2. The Morgan fingerprint density at radius 3 is 2.52 bits per heavy atom. The van der Waals surface area contributed by atoms with Crippen LogP contribution >= 0.6 is 0 Å². The fourth-order valence-electron chi connectivity index (χ4n) is 2.25. The Kier molecular flexibility index (Phi) is 9.06. The molecule has 0 aliphatic heterocycles. The second-order valence-electron chi connectivity index (χ2n) is 5.93. The summed E-state index contributed by atoms with van der Waals surface area (Å²) in [5.41, 5.74) is 1.72. The van der Waals surface area contributed by atoms with Gasteiger partial charge in [0.1, 0.15) is 0 Å². The minimum absolute atomic E-state index is 0.0176. The number of nitrogens with zero attached hydrogens (tertiary/aromatic N) is 1. The molecule has 0 saturated carbocycles. The number of carbonyl (C=O) groups is 2. The zero-order valence-corrected chi connectivity index (χ0v) is 15.5. The average Bonchev–Trinajstić information content (AvgIpc) is 2.59. The van der Waals surface area contributed by atoms with Crippen LogP contribution < -0.4 is 21.3 Å². The monoisotopic (exact) mass is 347 g/mol. The second-order valence-corrected chi connectivity index (χ2v) is 5.93. The Bertz CT molecular complexity index is 599. The highest BCUT2D eigenvalue weighted by Crippen LogP contribution is 2.05. The van der Waals surface area contributed by atoms with Crippen molar-refractivity contribution in [2.24, 2.45) is 4.99 Å². The molecular weight excluding hydrogens is 318 g/mol. The number of carbonyl (C=O) groups excluding carboxylic acids is 2. The van der Waals surface area contributed by atoms with Gasteiger partial charge in [0.05, 0.1) is 0 Å². The molecule has 25 heavy (non-hydrogen) atoms. The first-order valence-corrected chi connectivity index (χ1v) is 8.51. The molecule has 1 aromatic carbocycles. The van der Waals surface area contributed by atoms with Crippen LogP contribution in [0.4, 0.5) is 0 Å². The number of hydrogen-bond acceptors (Lipinski definition) is 3. The van der Waals surface area contributed by atoms with Crippen molar-refractivity contribution in [1.82, 2.24) is 21.3 Å². The maximum absolute atomic E-state index is 11.6. The minimum Gasteiger partial charge on any atom is -0.356 e. The van der Waals surface area contributed by atoms with Crippen molar-refractivity contribution in [3.05, 3.63) is 35.4 Å². The third-order valence-electron chi connectivity index (χ3n) is 3.44. The van der Waals surface area contributed by atoms with Crippen LogP contribution in [0.5, 0.6) is 0 Å². The molecule has 0 bridgehead atoms. The van der Waals surface area contributed by atoms with E-state index in [2.05, 4.69) is 26.3 Å². The molecular formula is C18H29N5O2. The fourth-order valence-corrected chi connectivity index (χ4v) is 2.25. The highest BCUT2D eigenvalue weighted by atomic mass is 16.2. The van der Waals surface area contributed by atoms with Gasteiger partial charge >= 0.3 is 0 Å². The van der Waals surface area contributed by atoms with Crippen molar-refractivity contribution in [1.29, 1.82) is 0 Å². The van der Waals surface area contributed by atoms with Gasteiger partial charge in [-0.1, -0.05) is 12.1 Å². The van der Waals surface area contributed by atoms with E-state index in [1.807, 2.05) is 32.0 Å². The Morgan fingerprint density at radius 2 is 1.88 bits per heavy atom. The van der Waals surface area contributed by atoms with E-state index in [1.54, 1.807) is 20.2 Å². The van der Waals surface area contributed by atoms with E-state index in [-0.39, 0.29) is 17.9 Å². The second kappa shape index (κ2) is 11.1. The van der Waals surface area contributed by atoms with Gasteiger partial charge in [-0.2, -0.15) is 0 Å². The Hall–Kier alpha value is -2.57. The van der Waals surface area contributed by atoms with E-state index in [0.717, 1.165) is 12.0 Å². The van der Waals surface area contributed by atoms with Gasteiger partial charge in [-0.3, -0.25) is 14.6 Å². The number of guanidine groups is 1. The lowest BCUT2D eigenvalue weighted by atomic mass is 10.1. The summed E-state index contributed by atoms with van der Waals surface area (Å²) in [6, 6.07) is 7.68. The van der Waals surface area contributed by atoms with Gasteiger partial charge in [0.25, 0.3) is 5.91 Å². The van der Waals surface area contributed by atoms with Gasteiger partial charge < -0.3 is 21.3 Å². The SMILES string of the molecule is CN=C(NCCC(=O)NC(C)C)NCCc1cccc(C(=O)NC)c1. The topological polar surface area (TPSA) is 94.6 Å². The normalized spacial score (nSPS) is 11.2. The van der Waals surface area contributed by atoms with Crippen molar-refractivity contribution in [2.75, 3.05) is 27.2 Å². The van der Waals surface area contributed by atoms with Crippen LogP contribution in [0, 0.1) is 0 Å². The molecule has 0 atom stereocenters. The summed E-state index contributed by atoms with van der Waals surface area (Å²) < 4.78 is 0. The molecule has 7 heteroatoms. The fraction of sp³-hybridized carbons (Fsp3) is 0.500. The zero-order chi connectivity index (χ0) is 18.7. The summed E-state index contributed by atoms with van der Waals surface area (Å²) in [6.45, 7) is 5.06. The lowest BCUT2D eigenvalue weighted by Crippen LogP contribution is -2.40. The molecule has 2 amide bonds. The number of benzene rings is 1. The average molecular weight is 347 g/mol. The van der Waals surface area contributed by atoms with Crippen molar-refractivity contribution < 1.29 is 9.59 Å². The molecule has 7 nitrogen and oxygen atoms in total. The molecule has 0 radical (unpaired) electrons. The van der Waals surface area contributed by atoms with Crippen LogP contribution in [-0.2, 0) is 11.2 Å². The van der Waals surface area contributed by atoms with Crippen LogP contribution in [-0.4, -0.2) is 51.0 Å². The predicted octanol–water partition coefficient (Wildman–Crippen LogP) is 0.668. The molecule has 0 aromatic heterocycles. The largest absolute Gasteiger partial charge is 0.356 e. The molecule has 138 valence electrons. The zero-order valence-electron chi connectivity index (χ0n) is 15.5. The van der Waals surface area contributed by atoms with Gasteiger partial charge in [0.2, 0.25) is 5.91 Å². The summed E-state index contributed by atoms with van der Waals surface area (Å²) in [4.78, 5) is 27.4. The van der Waals surface area contributed by atoms with E-state index >= 15 is 0 Å². The van der Waals surface area contributed by atoms with Crippen molar-refractivity contribution in [2.45, 2.75) is 32.7 Å².